The van der Waals surface area contributed by atoms with Crippen LogP contribution in [-0.4, -0.2) is 61.5 Å². The standard InChI is InChI=1S/C20H29N3O4/c1-5-21-20(26)17-11-16(12-23(17)18(24)8-9-27-4)22-19(25)15-7-6-13(2)14(3)10-15/h6-7,10,16-17H,5,8-9,11-12H2,1-4H3,(H,21,26)(H,22,25)/t16-,17-/m0/s1. The summed E-state index contributed by atoms with van der Waals surface area (Å²) in [5.41, 5.74) is 2.75. The van der Waals surface area contributed by atoms with E-state index in [2.05, 4.69) is 10.6 Å². The molecular weight excluding hydrogens is 346 g/mol. The molecule has 0 radical (unpaired) electrons. The Bertz CT molecular complexity index is 704. The van der Waals surface area contributed by atoms with Gasteiger partial charge in [0.25, 0.3) is 5.91 Å². The average molecular weight is 375 g/mol. The van der Waals surface area contributed by atoms with Gasteiger partial charge in [-0.15, -0.1) is 0 Å². The summed E-state index contributed by atoms with van der Waals surface area (Å²) in [4.78, 5) is 39.0. The molecule has 7 heteroatoms. The van der Waals surface area contributed by atoms with Crippen molar-refractivity contribution >= 4 is 17.7 Å². The normalized spacial score (nSPS) is 19.0. The number of nitrogens with one attached hydrogen (secondary N) is 2. The highest BCUT2D eigenvalue weighted by molar-refractivity contribution is 5.95. The van der Waals surface area contributed by atoms with Crippen molar-refractivity contribution in [3.63, 3.8) is 0 Å². The molecule has 0 aromatic heterocycles. The molecule has 2 atom stereocenters. The molecule has 0 saturated carbocycles. The molecule has 1 aromatic rings. The van der Waals surface area contributed by atoms with Gasteiger partial charge >= 0.3 is 0 Å². The molecule has 1 aromatic carbocycles. The van der Waals surface area contributed by atoms with Crippen LogP contribution in [0.2, 0.25) is 0 Å². The maximum absolute atomic E-state index is 12.6. The SMILES string of the molecule is CCNC(=O)[C@@H]1C[C@H](NC(=O)c2ccc(C)c(C)c2)CN1C(=O)CCOC. The molecule has 0 spiro atoms. The first-order valence-electron chi connectivity index (χ1n) is 9.31. The van der Waals surface area contributed by atoms with E-state index >= 15 is 0 Å². The van der Waals surface area contributed by atoms with Gasteiger partial charge in [-0.1, -0.05) is 6.07 Å². The Kier molecular flexibility index (Phi) is 7.36. The lowest BCUT2D eigenvalue weighted by atomic mass is 10.1. The summed E-state index contributed by atoms with van der Waals surface area (Å²) >= 11 is 0. The Balaban J connectivity index is 2.08. The van der Waals surface area contributed by atoms with Gasteiger partial charge in [0, 0.05) is 31.8 Å². The maximum Gasteiger partial charge on any atom is 0.251 e. The summed E-state index contributed by atoms with van der Waals surface area (Å²) in [6.07, 6.45) is 0.616. The molecule has 1 aliphatic heterocycles. The zero-order valence-corrected chi connectivity index (χ0v) is 16.5. The number of likely N-dealkylation sites (N-methyl/N-ethyl adjacent to an activating group) is 1. The first-order chi connectivity index (χ1) is 12.9. The van der Waals surface area contributed by atoms with Crippen molar-refractivity contribution in [2.75, 3.05) is 26.8 Å². The van der Waals surface area contributed by atoms with Gasteiger partial charge in [0.05, 0.1) is 13.0 Å². The molecule has 0 unspecified atom stereocenters. The van der Waals surface area contributed by atoms with Crippen molar-refractivity contribution in [3.8, 4) is 0 Å². The number of aryl methyl sites for hydroxylation is 2. The summed E-state index contributed by atoms with van der Waals surface area (Å²) in [7, 11) is 1.53. The number of hydrogen-bond acceptors (Lipinski definition) is 4. The smallest absolute Gasteiger partial charge is 0.251 e. The molecule has 0 aliphatic carbocycles. The number of methoxy groups -OCH3 is 1. The summed E-state index contributed by atoms with van der Waals surface area (Å²) in [6, 6.07) is 4.71. The van der Waals surface area contributed by atoms with E-state index in [1.165, 1.54) is 7.11 Å². The van der Waals surface area contributed by atoms with E-state index in [0.29, 0.717) is 31.7 Å². The minimum Gasteiger partial charge on any atom is -0.384 e. The first kappa shape index (κ1) is 20.9. The van der Waals surface area contributed by atoms with Crippen LogP contribution >= 0.6 is 0 Å². The number of rotatable bonds is 7. The number of benzene rings is 1. The minimum absolute atomic E-state index is 0.143. The van der Waals surface area contributed by atoms with Gasteiger partial charge < -0.3 is 20.3 Å². The third-order valence-electron chi connectivity index (χ3n) is 4.90. The van der Waals surface area contributed by atoms with Crippen LogP contribution in [0.4, 0.5) is 0 Å². The topological polar surface area (TPSA) is 87.7 Å². The molecule has 1 aliphatic rings. The highest BCUT2D eigenvalue weighted by Crippen LogP contribution is 2.20. The van der Waals surface area contributed by atoms with E-state index < -0.39 is 6.04 Å². The van der Waals surface area contributed by atoms with Gasteiger partial charge in [-0.05, 0) is 50.5 Å². The highest BCUT2D eigenvalue weighted by atomic mass is 16.5. The van der Waals surface area contributed by atoms with Crippen molar-refractivity contribution in [1.82, 2.24) is 15.5 Å². The lowest BCUT2D eigenvalue weighted by Gasteiger charge is -2.23. The molecule has 1 fully saturated rings. The first-order valence-corrected chi connectivity index (χ1v) is 9.31. The van der Waals surface area contributed by atoms with Gasteiger partial charge in [0.15, 0.2) is 0 Å². The zero-order valence-electron chi connectivity index (χ0n) is 16.5. The van der Waals surface area contributed by atoms with Crippen molar-refractivity contribution in [2.45, 2.75) is 45.7 Å². The predicted molar refractivity (Wildman–Crippen MR) is 102 cm³/mol. The number of likely N-dealkylation sites (tertiary alicyclic amines) is 1. The van der Waals surface area contributed by atoms with Crippen LogP contribution in [0, 0.1) is 13.8 Å². The molecule has 1 saturated heterocycles. The van der Waals surface area contributed by atoms with E-state index in [1.807, 2.05) is 32.9 Å². The zero-order chi connectivity index (χ0) is 20.0. The Morgan fingerprint density at radius 3 is 2.59 bits per heavy atom. The van der Waals surface area contributed by atoms with Gasteiger partial charge in [-0.2, -0.15) is 0 Å². The van der Waals surface area contributed by atoms with E-state index in [-0.39, 0.29) is 30.2 Å². The largest absolute Gasteiger partial charge is 0.384 e. The molecule has 148 valence electrons. The summed E-state index contributed by atoms with van der Waals surface area (Å²) in [6.45, 7) is 6.91. The molecule has 1 heterocycles. The number of carbonyl (C=O) groups is 3. The van der Waals surface area contributed by atoms with Crippen LogP contribution in [0.1, 0.15) is 41.3 Å². The Labute approximate surface area is 160 Å². The number of amides is 3. The van der Waals surface area contributed by atoms with Crippen LogP contribution < -0.4 is 10.6 Å². The average Bonchev–Trinajstić information content (AvgIpc) is 3.06. The van der Waals surface area contributed by atoms with Crippen molar-refractivity contribution in [1.29, 1.82) is 0 Å². The second kappa shape index (κ2) is 9.50. The van der Waals surface area contributed by atoms with Crippen LogP contribution in [0.5, 0.6) is 0 Å². The monoisotopic (exact) mass is 375 g/mol. The van der Waals surface area contributed by atoms with Crippen molar-refractivity contribution in [3.05, 3.63) is 34.9 Å². The quantitative estimate of drug-likeness (QED) is 0.749. The number of carbonyl (C=O) groups excluding carboxylic acids is 3. The van der Waals surface area contributed by atoms with Crippen LogP contribution in [0.3, 0.4) is 0 Å². The fourth-order valence-corrected chi connectivity index (χ4v) is 3.24. The van der Waals surface area contributed by atoms with Crippen LogP contribution in [0.15, 0.2) is 18.2 Å². The van der Waals surface area contributed by atoms with Crippen LogP contribution in [0.25, 0.3) is 0 Å². The molecule has 0 bridgehead atoms. The lowest BCUT2D eigenvalue weighted by Crippen LogP contribution is -2.46. The van der Waals surface area contributed by atoms with Gasteiger partial charge in [-0.25, -0.2) is 0 Å². The van der Waals surface area contributed by atoms with E-state index in [1.54, 1.807) is 11.0 Å². The van der Waals surface area contributed by atoms with Crippen molar-refractivity contribution in [2.24, 2.45) is 0 Å². The van der Waals surface area contributed by atoms with E-state index in [9.17, 15) is 14.4 Å². The molecule has 7 nitrogen and oxygen atoms in total. The second-order valence-electron chi connectivity index (χ2n) is 6.90. The molecule has 3 amide bonds. The third-order valence-corrected chi connectivity index (χ3v) is 4.90. The Morgan fingerprint density at radius 2 is 1.96 bits per heavy atom. The number of hydrogen-bond donors (Lipinski definition) is 2. The summed E-state index contributed by atoms with van der Waals surface area (Å²) < 4.78 is 4.97. The molecule has 2 rings (SSSR count). The fourth-order valence-electron chi connectivity index (χ4n) is 3.24. The van der Waals surface area contributed by atoms with Gasteiger partial charge in [0.2, 0.25) is 11.8 Å². The Hall–Kier alpha value is -2.41. The third kappa shape index (κ3) is 5.29. The predicted octanol–water partition coefficient (Wildman–Crippen LogP) is 1.18. The molecule has 2 N–H and O–H groups in total. The van der Waals surface area contributed by atoms with Gasteiger partial charge in [0.1, 0.15) is 6.04 Å². The van der Waals surface area contributed by atoms with Crippen LogP contribution in [-0.2, 0) is 14.3 Å². The van der Waals surface area contributed by atoms with E-state index in [0.717, 1.165) is 11.1 Å². The summed E-state index contributed by atoms with van der Waals surface area (Å²) in [5, 5.41) is 5.74. The summed E-state index contributed by atoms with van der Waals surface area (Å²) in [5.74, 6) is -0.522. The highest BCUT2D eigenvalue weighted by Gasteiger charge is 2.39. The van der Waals surface area contributed by atoms with E-state index in [4.69, 9.17) is 4.74 Å². The minimum atomic E-state index is -0.570. The Morgan fingerprint density at radius 1 is 1.22 bits per heavy atom. The number of ether oxygens (including phenoxy) is 1. The lowest BCUT2D eigenvalue weighted by molar-refractivity contribution is -0.139. The fraction of sp³-hybridized carbons (Fsp3) is 0.550. The van der Waals surface area contributed by atoms with Crippen molar-refractivity contribution < 1.29 is 19.1 Å². The second-order valence-corrected chi connectivity index (χ2v) is 6.90. The number of nitrogens with zero attached hydrogens (tertiary/aromatic N) is 1. The van der Waals surface area contributed by atoms with Gasteiger partial charge in [-0.3, -0.25) is 14.4 Å². The maximum atomic E-state index is 12.6. The molecular formula is C20H29N3O4. The molecule has 27 heavy (non-hydrogen) atoms.